The number of carbonyl (C=O) groups is 4. The van der Waals surface area contributed by atoms with Crippen molar-refractivity contribution in [2.24, 2.45) is 0 Å². The number of carboxylic acids is 1. The van der Waals surface area contributed by atoms with Gasteiger partial charge in [0.15, 0.2) is 0 Å². The van der Waals surface area contributed by atoms with Gasteiger partial charge in [-0.15, -0.1) is 0 Å². The first-order chi connectivity index (χ1) is 8.29. The van der Waals surface area contributed by atoms with E-state index in [1.807, 2.05) is 0 Å². The predicted octanol–water partition coefficient (Wildman–Crippen LogP) is -3.61. The molecule has 0 radical (unpaired) electrons. The third-order valence-electron chi connectivity index (χ3n) is 1.41. The number of halogens is 1. The van der Waals surface area contributed by atoms with Crippen LogP contribution in [0.15, 0.2) is 0 Å². The molecule has 0 bridgehead atoms. The fourth-order valence-corrected chi connectivity index (χ4v) is 1.89. The maximum atomic E-state index is 11.5. The van der Waals surface area contributed by atoms with Crippen molar-refractivity contribution in [3.8, 4) is 0 Å². The van der Waals surface area contributed by atoms with E-state index in [4.69, 9.17) is 5.70 Å². The second-order valence-corrected chi connectivity index (χ2v) is 4.67. The van der Waals surface area contributed by atoms with Crippen molar-refractivity contribution in [2.75, 3.05) is 0 Å². The molecule has 0 amide bonds. The molecule has 0 aliphatic carbocycles. The van der Waals surface area contributed by atoms with Crippen LogP contribution in [-0.4, -0.2) is 40.9 Å². The average Bonchev–Trinajstić information content (AvgIpc) is 2.22. The number of carbonyl (C=O) groups excluding carboxylic acids is 3. The molecule has 0 saturated heterocycles. The van der Waals surface area contributed by atoms with Crippen molar-refractivity contribution in [1.82, 2.24) is 0 Å². The first-order valence-corrected chi connectivity index (χ1v) is 7.55. The van der Waals surface area contributed by atoms with Crippen LogP contribution in [0, 0.1) is 0 Å². The Morgan fingerprint density at radius 2 is 1.65 bits per heavy atom. The quantitative estimate of drug-likeness (QED) is 0.373. The molecule has 98 valence electrons. The van der Waals surface area contributed by atoms with Crippen molar-refractivity contribution in [3.63, 3.8) is 0 Å². The summed E-state index contributed by atoms with van der Waals surface area (Å²) in [6.45, 7) is 1.96. The number of esters is 2. The van der Waals surface area contributed by atoms with E-state index >= 15 is 0 Å². The Hall–Kier alpha value is -0.840. The molecule has 0 rings (SSSR count). The van der Waals surface area contributed by atoms with E-state index in [9.17, 15) is 19.2 Å². The monoisotopic (exact) mass is 379 g/mol. The first kappa shape index (κ1) is 14.2. The van der Waals surface area contributed by atoms with Gasteiger partial charge in [-0.05, 0) is 0 Å². The maximum absolute atomic E-state index is 11.5. The first-order valence-electron chi connectivity index (χ1n) is 4.57. The normalized spacial score (nSPS) is 14.4. The van der Waals surface area contributed by atoms with Gasteiger partial charge in [-0.3, -0.25) is 0 Å². The van der Waals surface area contributed by atoms with E-state index in [1.165, 1.54) is 0 Å². The Kier molecular flexibility index (Phi) is 6.26. The Balaban J connectivity index is 5.08. The molecule has 0 spiro atoms. The van der Waals surface area contributed by atoms with Gasteiger partial charge in [0.25, 0.3) is 0 Å². The third-order valence-corrected chi connectivity index (χ3v) is 3.10. The summed E-state index contributed by atoms with van der Waals surface area (Å²) in [6, 6.07) is 0. The van der Waals surface area contributed by atoms with Crippen LogP contribution >= 0.6 is 8.93 Å². The standard InChI is InChI=1S/C8H10IO7S/c1-3(10)15-5(7(12)13)6(8(14)17-9)16-4(2)11/h5-6,9H,1-2H3,(H,12,13)/q-1/t5-,6-/m0/s1/i9T. The summed E-state index contributed by atoms with van der Waals surface area (Å²) in [4.78, 5) is 44.0. The molecule has 0 fully saturated rings. The topological polar surface area (TPSA) is 107 Å². The van der Waals surface area contributed by atoms with E-state index in [-0.39, 0.29) is 0 Å². The number of hydrogen-bond donors (Lipinski definition) is 1. The Bertz CT molecular complexity index is 361. The van der Waals surface area contributed by atoms with E-state index in [0.717, 1.165) is 13.8 Å². The molecule has 9 heteroatoms. The number of ether oxygens (including phenoxy) is 2. The van der Waals surface area contributed by atoms with Crippen LogP contribution in [0.3, 0.4) is 0 Å². The molecule has 0 aromatic carbocycles. The average molecular weight is 379 g/mol. The summed E-state index contributed by atoms with van der Waals surface area (Å²) in [7, 11) is 0.560. The summed E-state index contributed by atoms with van der Waals surface area (Å²) in [5, 5.41) is 8.04. The van der Waals surface area contributed by atoms with Crippen molar-refractivity contribution in [1.29, 1.82) is 0.594 Å². The predicted molar refractivity (Wildman–Crippen MR) is 52.7 cm³/mol. The van der Waals surface area contributed by atoms with Crippen LogP contribution in [-0.2, 0) is 28.7 Å². The van der Waals surface area contributed by atoms with Crippen molar-refractivity contribution in [2.45, 2.75) is 26.1 Å². The van der Waals surface area contributed by atoms with E-state index in [0.29, 0.717) is 8.93 Å². The zero-order chi connectivity index (χ0) is 14.3. The van der Waals surface area contributed by atoms with Gasteiger partial charge in [0, 0.05) is 0 Å². The van der Waals surface area contributed by atoms with Crippen LogP contribution in [0.2, 0.25) is 0 Å². The Morgan fingerprint density at radius 1 is 1.18 bits per heavy atom. The molecule has 0 aliphatic rings. The van der Waals surface area contributed by atoms with Crippen molar-refractivity contribution >= 4 is 32.0 Å². The van der Waals surface area contributed by atoms with Crippen molar-refractivity contribution in [3.05, 3.63) is 0 Å². The van der Waals surface area contributed by atoms with Crippen LogP contribution in [0.5, 0.6) is 0 Å². The van der Waals surface area contributed by atoms with E-state index < -0.39 is 56.2 Å². The molecular weight excluding hydrogens is 367 g/mol. The fraction of sp³-hybridized carbons (Fsp3) is 0.500. The molecule has 0 aromatic heterocycles. The fourth-order valence-electron chi connectivity index (χ4n) is 0.877. The van der Waals surface area contributed by atoms with Crippen LogP contribution < -0.4 is 21.0 Å². The molecule has 0 aromatic rings. The van der Waals surface area contributed by atoms with Gasteiger partial charge in [-0.2, -0.15) is 0 Å². The van der Waals surface area contributed by atoms with E-state index in [2.05, 4.69) is 9.47 Å². The molecular formula is C8H10IO7S-. The number of hydrogen-bond acceptors (Lipinski definition) is 7. The Labute approximate surface area is 113 Å². The van der Waals surface area contributed by atoms with Crippen molar-refractivity contribution < 1.29 is 54.8 Å². The number of rotatable bonds is 6. The zero-order valence-corrected chi connectivity index (χ0v) is 11.8. The van der Waals surface area contributed by atoms with Crippen LogP contribution in [0.4, 0.5) is 0 Å². The van der Waals surface area contributed by atoms with Gasteiger partial charge in [0.1, 0.15) is 0 Å². The van der Waals surface area contributed by atoms with Gasteiger partial charge >= 0.3 is 113 Å². The molecule has 1 N–H and O–H groups in total. The van der Waals surface area contributed by atoms with Gasteiger partial charge in [0.05, 0.1) is 0 Å². The molecule has 0 aliphatic heterocycles. The summed E-state index contributed by atoms with van der Waals surface area (Å²) in [5.41, 5.74) is 0. The second-order valence-electron chi connectivity index (χ2n) is 2.79. The molecule has 2 atom stereocenters. The Morgan fingerprint density at radius 3 is 2.00 bits per heavy atom. The SMILES string of the molecule is [3H][I-]SC(=O)[C@@H](OC(C)=O)[C@H](OC(C)=O)C(=O)O. The summed E-state index contributed by atoms with van der Waals surface area (Å²) in [6.07, 6.45) is -3.64. The molecule has 17 heavy (non-hydrogen) atoms. The summed E-state index contributed by atoms with van der Waals surface area (Å²) in [5.74, 6) is -3.40. The van der Waals surface area contributed by atoms with Gasteiger partial charge in [0.2, 0.25) is 0 Å². The number of aliphatic carboxylic acids is 1. The van der Waals surface area contributed by atoms with Gasteiger partial charge in [-0.1, -0.05) is 0 Å². The minimum atomic E-state index is -1.90. The van der Waals surface area contributed by atoms with Gasteiger partial charge in [-0.25, -0.2) is 0 Å². The molecule has 0 unspecified atom stereocenters. The van der Waals surface area contributed by atoms with E-state index in [1.54, 1.807) is 0 Å². The molecule has 7 nitrogen and oxygen atoms in total. The molecule has 0 heterocycles. The summed E-state index contributed by atoms with van der Waals surface area (Å²) < 4.78 is 16.0. The summed E-state index contributed by atoms with van der Waals surface area (Å²) >= 11 is -1.27. The van der Waals surface area contributed by atoms with Gasteiger partial charge < -0.3 is 0 Å². The minimum absolute atomic E-state index is 0.560. The second kappa shape index (κ2) is 7.48. The third kappa shape index (κ3) is 5.86. The van der Waals surface area contributed by atoms with Crippen LogP contribution in [0.25, 0.3) is 0 Å². The molecule has 0 saturated carbocycles. The number of carboxylic acid groups (broad SMARTS) is 1. The zero-order valence-electron chi connectivity index (χ0n) is 9.84. The van der Waals surface area contributed by atoms with Crippen LogP contribution in [0.1, 0.15) is 13.8 Å².